The third-order valence-electron chi connectivity index (χ3n) is 3.40. The summed E-state index contributed by atoms with van der Waals surface area (Å²) in [6, 6.07) is 6.30. The van der Waals surface area contributed by atoms with Crippen LogP contribution in [0.3, 0.4) is 0 Å². The lowest BCUT2D eigenvalue weighted by molar-refractivity contribution is -0.118. The van der Waals surface area contributed by atoms with Crippen molar-refractivity contribution in [2.75, 3.05) is 18.5 Å². The summed E-state index contributed by atoms with van der Waals surface area (Å²) in [7, 11) is 1.84. The highest BCUT2D eigenvalue weighted by Crippen LogP contribution is 2.27. The number of rotatable bonds is 4. The monoisotopic (exact) mass is 261 g/mol. The van der Waals surface area contributed by atoms with E-state index >= 15 is 0 Å². The molecule has 1 aromatic carbocycles. The fourth-order valence-electron chi connectivity index (χ4n) is 2.35. The molecule has 0 aliphatic carbocycles. The molecule has 0 atom stereocenters. The molecule has 0 saturated heterocycles. The van der Waals surface area contributed by atoms with E-state index in [2.05, 4.69) is 17.4 Å². The summed E-state index contributed by atoms with van der Waals surface area (Å²) in [6.07, 6.45) is 1.45. The Morgan fingerprint density at radius 3 is 2.79 bits per heavy atom. The van der Waals surface area contributed by atoms with E-state index in [1.807, 2.05) is 27.0 Å². The van der Waals surface area contributed by atoms with E-state index in [0.717, 1.165) is 25.2 Å². The lowest BCUT2D eigenvalue weighted by atomic mass is 9.99. The van der Waals surface area contributed by atoms with Crippen molar-refractivity contribution >= 4 is 11.6 Å². The molecule has 1 heterocycles. The highest BCUT2D eigenvalue weighted by molar-refractivity contribution is 5.95. The number of amides is 1. The summed E-state index contributed by atoms with van der Waals surface area (Å²) in [5.41, 5.74) is 9.28. The van der Waals surface area contributed by atoms with Gasteiger partial charge in [-0.3, -0.25) is 4.79 Å². The minimum absolute atomic E-state index is 0.194. The summed E-state index contributed by atoms with van der Waals surface area (Å²) >= 11 is 0. The zero-order valence-corrected chi connectivity index (χ0v) is 12.0. The first-order chi connectivity index (χ1) is 8.87. The zero-order valence-electron chi connectivity index (χ0n) is 12.0. The molecule has 1 aliphatic heterocycles. The molecule has 0 radical (unpaired) electrons. The van der Waals surface area contributed by atoms with Gasteiger partial charge in [0.05, 0.1) is 0 Å². The van der Waals surface area contributed by atoms with Crippen molar-refractivity contribution in [3.05, 3.63) is 29.3 Å². The molecule has 4 heteroatoms. The van der Waals surface area contributed by atoms with Crippen LogP contribution in [0.1, 0.15) is 31.4 Å². The predicted molar refractivity (Wildman–Crippen MR) is 78.1 cm³/mol. The van der Waals surface area contributed by atoms with Crippen LogP contribution in [-0.2, 0) is 17.8 Å². The first-order valence-corrected chi connectivity index (χ1v) is 6.75. The number of hydrogen-bond donors (Lipinski definition) is 2. The molecule has 2 rings (SSSR count). The van der Waals surface area contributed by atoms with Gasteiger partial charge in [-0.1, -0.05) is 12.1 Å². The molecule has 104 valence electrons. The summed E-state index contributed by atoms with van der Waals surface area (Å²) in [6.45, 7) is 5.61. The Labute approximate surface area is 115 Å². The third kappa shape index (κ3) is 3.55. The standard InChI is InChI=1S/C15H23N3O/c1-15(2,16)10-17-9-11-4-6-13-12(8-11)5-7-14(19)18(13)3/h4,6,8,17H,5,7,9-10,16H2,1-3H3. The molecule has 4 nitrogen and oxygen atoms in total. The van der Waals surface area contributed by atoms with Gasteiger partial charge in [0.2, 0.25) is 5.91 Å². The van der Waals surface area contributed by atoms with Gasteiger partial charge in [0.15, 0.2) is 0 Å². The van der Waals surface area contributed by atoms with Crippen LogP contribution >= 0.6 is 0 Å². The smallest absolute Gasteiger partial charge is 0.227 e. The fourth-order valence-corrected chi connectivity index (χ4v) is 2.35. The number of carbonyl (C=O) groups is 1. The van der Waals surface area contributed by atoms with Gasteiger partial charge >= 0.3 is 0 Å². The predicted octanol–water partition coefficient (Wildman–Crippen LogP) is 1.42. The van der Waals surface area contributed by atoms with Gasteiger partial charge in [0, 0.05) is 37.8 Å². The van der Waals surface area contributed by atoms with Crippen molar-refractivity contribution in [3.8, 4) is 0 Å². The average molecular weight is 261 g/mol. The molecule has 3 N–H and O–H groups in total. The SMILES string of the molecule is CN1C(=O)CCc2cc(CNCC(C)(C)N)ccc21. The lowest BCUT2D eigenvalue weighted by Gasteiger charge is -2.26. The summed E-state index contributed by atoms with van der Waals surface area (Å²) in [5, 5.41) is 3.36. The molecule has 0 fully saturated rings. The van der Waals surface area contributed by atoms with E-state index < -0.39 is 0 Å². The lowest BCUT2D eigenvalue weighted by Crippen LogP contribution is -2.42. The van der Waals surface area contributed by atoms with E-state index in [1.54, 1.807) is 4.90 Å². The maximum atomic E-state index is 11.6. The Balaban J connectivity index is 2.03. The normalized spacial score (nSPS) is 15.6. The Morgan fingerprint density at radius 2 is 2.11 bits per heavy atom. The second kappa shape index (κ2) is 5.31. The van der Waals surface area contributed by atoms with Crippen LogP contribution in [0.2, 0.25) is 0 Å². The van der Waals surface area contributed by atoms with Gasteiger partial charge in [0.1, 0.15) is 0 Å². The molecule has 1 aromatic rings. The number of carbonyl (C=O) groups excluding carboxylic acids is 1. The number of anilines is 1. The Bertz CT molecular complexity index is 477. The van der Waals surface area contributed by atoms with Crippen molar-refractivity contribution in [1.29, 1.82) is 0 Å². The maximum Gasteiger partial charge on any atom is 0.227 e. The van der Waals surface area contributed by atoms with E-state index in [-0.39, 0.29) is 11.4 Å². The second-order valence-corrected chi connectivity index (χ2v) is 6.01. The summed E-state index contributed by atoms with van der Waals surface area (Å²) in [5.74, 6) is 0.197. The molecule has 1 amide bonds. The molecule has 0 unspecified atom stereocenters. The van der Waals surface area contributed by atoms with Crippen molar-refractivity contribution in [1.82, 2.24) is 5.32 Å². The Morgan fingerprint density at radius 1 is 1.37 bits per heavy atom. The van der Waals surface area contributed by atoms with Crippen molar-refractivity contribution in [2.45, 2.75) is 38.8 Å². The van der Waals surface area contributed by atoms with Gasteiger partial charge in [-0.15, -0.1) is 0 Å². The molecule has 19 heavy (non-hydrogen) atoms. The Kier molecular flexibility index (Phi) is 3.92. The number of nitrogens with two attached hydrogens (primary N) is 1. The highest BCUT2D eigenvalue weighted by Gasteiger charge is 2.20. The van der Waals surface area contributed by atoms with Crippen molar-refractivity contribution < 1.29 is 4.79 Å². The number of fused-ring (bicyclic) bond motifs is 1. The van der Waals surface area contributed by atoms with Crippen LogP contribution in [0.15, 0.2) is 18.2 Å². The first-order valence-electron chi connectivity index (χ1n) is 6.75. The molecular formula is C15H23N3O. The van der Waals surface area contributed by atoms with Crippen LogP contribution in [0.5, 0.6) is 0 Å². The van der Waals surface area contributed by atoms with Gasteiger partial charge in [0.25, 0.3) is 0 Å². The van der Waals surface area contributed by atoms with Crippen molar-refractivity contribution in [3.63, 3.8) is 0 Å². The summed E-state index contributed by atoms with van der Waals surface area (Å²) in [4.78, 5) is 13.4. The molecule has 0 spiro atoms. The minimum atomic E-state index is -0.194. The molecular weight excluding hydrogens is 238 g/mol. The van der Waals surface area contributed by atoms with Crippen LogP contribution < -0.4 is 16.0 Å². The Hall–Kier alpha value is -1.39. The molecule has 1 aliphatic rings. The van der Waals surface area contributed by atoms with Crippen LogP contribution in [0.4, 0.5) is 5.69 Å². The van der Waals surface area contributed by atoms with E-state index in [0.29, 0.717) is 6.42 Å². The quantitative estimate of drug-likeness (QED) is 0.862. The van der Waals surface area contributed by atoms with Gasteiger partial charge in [-0.2, -0.15) is 0 Å². The second-order valence-electron chi connectivity index (χ2n) is 6.01. The molecule has 0 aromatic heterocycles. The number of nitrogens with one attached hydrogen (secondary N) is 1. The number of nitrogens with zero attached hydrogens (tertiary/aromatic N) is 1. The molecule has 0 saturated carbocycles. The average Bonchev–Trinajstić information content (AvgIpc) is 2.32. The first kappa shape index (κ1) is 14.0. The number of hydrogen-bond acceptors (Lipinski definition) is 3. The molecule has 0 bridgehead atoms. The van der Waals surface area contributed by atoms with Gasteiger partial charge < -0.3 is 16.0 Å². The van der Waals surface area contributed by atoms with Crippen molar-refractivity contribution in [2.24, 2.45) is 5.73 Å². The van der Waals surface area contributed by atoms with E-state index in [1.165, 1.54) is 11.1 Å². The zero-order chi connectivity index (χ0) is 14.0. The van der Waals surface area contributed by atoms with Crippen LogP contribution in [-0.4, -0.2) is 25.0 Å². The third-order valence-corrected chi connectivity index (χ3v) is 3.40. The van der Waals surface area contributed by atoms with Gasteiger partial charge in [-0.25, -0.2) is 0 Å². The van der Waals surface area contributed by atoms with Crippen LogP contribution in [0.25, 0.3) is 0 Å². The number of aryl methyl sites for hydroxylation is 1. The topological polar surface area (TPSA) is 58.4 Å². The fraction of sp³-hybridized carbons (Fsp3) is 0.533. The highest BCUT2D eigenvalue weighted by atomic mass is 16.2. The van der Waals surface area contributed by atoms with E-state index in [9.17, 15) is 4.79 Å². The minimum Gasteiger partial charge on any atom is -0.324 e. The number of benzene rings is 1. The largest absolute Gasteiger partial charge is 0.324 e. The maximum absolute atomic E-state index is 11.6. The van der Waals surface area contributed by atoms with Crippen LogP contribution in [0, 0.1) is 0 Å². The summed E-state index contributed by atoms with van der Waals surface area (Å²) < 4.78 is 0. The van der Waals surface area contributed by atoms with Gasteiger partial charge in [-0.05, 0) is 37.5 Å². The van der Waals surface area contributed by atoms with E-state index in [4.69, 9.17) is 5.73 Å².